The lowest BCUT2D eigenvalue weighted by molar-refractivity contribution is -0.147. The van der Waals surface area contributed by atoms with Crippen molar-refractivity contribution in [2.75, 3.05) is 0 Å². The highest BCUT2D eigenvalue weighted by Gasteiger charge is 2.46. The summed E-state index contributed by atoms with van der Waals surface area (Å²) in [4.78, 5) is 11.3. The SMILES string of the molecule is Cc1ccc(Cl)cc1C1(C(=O)O)CCC1. The quantitative estimate of drug-likeness (QED) is 0.838. The molecule has 1 aliphatic rings. The van der Waals surface area contributed by atoms with Crippen LogP contribution in [-0.2, 0) is 10.2 Å². The minimum atomic E-state index is -0.723. The molecule has 0 unspecified atom stereocenters. The van der Waals surface area contributed by atoms with Crippen molar-refractivity contribution in [3.05, 3.63) is 34.3 Å². The summed E-state index contributed by atoms with van der Waals surface area (Å²) in [6, 6.07) is 5.49. The molecule has 0 saturated heterocycles. The Hall–Kier alpha value is -1.02. The fourth-order valence-electron chi connectivity index (χ4n) is 2.24. The molecule has 0 aliphatic heterocycles. The standard InChI is InChI=1S/C12H13ClO2/c1-8-3-4-9(13)7-10(8)12(11(14)15)5-2-6-12/h3-4,7H,2,5-6H2,1H3,(H,14,15). The van der Waals surface area contributed by atoms with Crippen LogP contribution in [0.25, 0.3) is 0 Å². The number of hydrogen-bond acceptors (Lipinski definition) is 1. The first kappa shape index (κ1) is 10.5. The van der Waals surface area contributed by atoms with Gasteiger partial charge in [0, 0.05) is 5.02 Å². The summed E-state index contributed by atoms with van der Waals surface area (Å²) >= 11 is 5.92. The predicted octanol–water partition coefficient (Wildman–Crippen LogP) is 3.15. The molecule has 1 N–H and O–H groups in total. The van der Waals surface area contributed by atoms with Crippen molar-refractivity contribution in [1.29, 1.82) is 0 Å². The van der Waals surface area contributed by atoms with Crippen LogP contribution in [0.3, 0.4) is 0 Å². The van der Waals surface area contributed by atoms with E-state index in [2.05, 4.69) is 0 Å². The summed E-state index contributed by atoms with van der Waals surface area (Å²) < 4.78 is 0. The number of aliphatic carboxylic acids is 1. The van der Waals surface area contributed by atoms with Crippen LogP contribution in [0.5, 0.6) is 0 Å². The minimum absolute atomic E-state index is 0.614. The molecule has 1 aromatic rings. The van der Waals surface area contributed by atoms with Gasteiger partial charge in [0.1, 0.15) is 0 Å². The first-order valence-corrected chi connectivity index (χ1v) is 5.44. The van der Waals surface area contributed by atoms with Crippen molar-refractivity contribution in [3.63, 3.8) is 0 Å². The van der Waals surface area contributed by atoms with Gasteiger partial charge in [-0.05, 0) is 43.0 Å². The number of hydrogen-bond donors (Lipinski definition) is 1. The zero-order valence-corrected chi connectivity index (χ0v) is 9.34. The van der Waals surface area contributed by atoms with Crippen LogP contribution in [0.2, 0.25) is 5.02 Å². The third kappa shape index (κ3) is 1.53. The molecule has 15 heavy (non-hydrogen) atoms. The van der Waals surface area contributed by atoms with E-state index < -0.39 is 11.4 Å². The number of carboxylic acids is 1. The van der Waals surface area contributed by atoms with Crippen molar-refractivity contribution < 1.29 is 9.90 Å². The summed E-state index contributed by atoms with van der Waals surface area (Å²) in [5.41, 5.74) is 1.23. The van der Waals surface area contributed by atoms with Crippen molar-refractivity contribution in [1.82, 2.24) is 0 Å². The van der Waals surface area contributed by atoms with Gasteiger partial charge in [0.2, 0.25) is 0 Å². The Bertz CT molecular complexity index is 408. The van der Waals surface area contributed by atoms with Gasteiger partial charge in [-0.3, -0.25) is 4.79 Å². The molecule has 0 radical (unpaired) electrons. The lowest BCUT2D eigenvalue weighted by atomic mass is 9.63. The van der Waals surface area contributed by atoms with Crippen LogP contribution >= 0.6 is 11.6 Å². The van der Waals surface area contributed by atoms with E-state index in [4.69, 9.17) is 11.6 Å². The van der Waals surface area contributed by atoms with E-state index in [0.717, 1.165) is 30.4 Å². The highest BCUT2D eigenvalue weighted by Crippen LogP contribution is 2.45. The fourth-order valence-corrected chi connectivity index (χ4v) is 2.41. The molecule has 0 aromatic heterocycles. The van der Waals surface area contributed by atoms with Gasteiger partial charge in [-0.15, -0.1) is 0 Å². The van der Waals surface area contributed by atoms with E-state index >= 15 is 0 Å². The zero-order chi connectivity index (χ0) is 11.1. The topological polar surface area (TPSA) is 37.3 Å². The number of benzene rings is 1. The molecule has 0 bridgehead atoms. The highest BCUT2D eigenvalue weighted by molar-refractivity contribution is 6.30. The van der Waals surface area contributed by atoms with E-state index in [-0.39, 0.29) is 0 Å². The molecule has 1 fully saturated rings. The van der Waals surface area contributed by atoms with Crippen LogP contribution in [0.15, 0.2) is 18.2 Å². The smallest absolute Gasteiger partial charge is 0.314 e. The van der Waals surface area contributed by atoms with Gasteiger partial charge in [-0.2, -0.15) is 0 Å². The average Bonchev–Trinajstić information content (AvgIpc) is 2.08. The molecule has 3 heteroatoms. The third-order valence-electron chi connectivity index (χ3n) is 3.33. The lowest BCUT2D eigenvalue weighted by Gasteiger charge is -2.39. The fraction of sp³-hybridized carbons (Fsp3) is 0.417. The summed E-state index contributed by atoms with van der Waals surface area (Å²) in [7, 11) is 0. The molecule has 2 nitrogen and oxygen atoms in total. The maximum atomic E-state index is 11.3. The molecule has 2 rings (SSSR count). The first-order chi connectivity index (χ1) is 7.06. The summed E-state index contributed by atoms with van der Waals surface area (Å²) in [5, 5.41) is 9.92. The molecule has 80 valence electrons. The van der Waals surface area contributed by atoms with E-state index in [1.165, 1.54) is 0 Å². The lowest BCUT2D eigenvalue weighted by Crippen LogP contribution is -2.42. The van der Waals surface area contributed by atoms with Crippen molar-refractivity contribution >= 4 is 17.6 Å². The molecule has 0 spiro atoms. The van der Waals surface area contributed by atoms with Gasteiger partial charge in [0.15, 0.2) is 0 Å². The Morgan fingerprint density at radius 3 is 2.60 bits per heavy atom. The number of carboxylic acid groups (broad SMARTS) is 1. The number of rotatable bonds is 2. The van der Waals surface area contributed by atoms with Gasteiger partial charge < -0.3 is 5.11 Å². The number of carbonyl (C=O) groups is 1. The summed E-state index contributed by atoms with van der Waals surface area (Å²) in [6.07, 6.45) is 2.44. The molecule has 0 heterocycles. The summed E-state index contributed by atoms with van der Waals surface area (Å²) in [6.45, 7) is 1.94. The van der Waals surface area contributed by atoms with Crippen LogP contribution in [0.4, 0.5) is 0 Å². The van der Waals surface area contributed by atoms with Gasteiger partial charge >= 0.3 is 5.97 Å². The largest absolute Gasteiger partial charge is 0.481 e. The Morgan fingerprint density at radius 2 is 2.13 bits per heavy atom. The zero-order valence-electron chi connectivity index (χ0n) is 8.59. The highest BCUT2D eigenvalue weighted by atomic mass is 35.5. The monoisotopic (exact) mass is 224 g/mol. The second-order valence-corrected chi connectivity index (χ2v) is 4.64. The minimum Gasteiger partial charge on any atom is -0.481 e. The molecule has 1 saturated carbocycles. The molecule has 0 amide bonds. The Kier molecular flexibility index (Phi) is 2.47. The second-order valence-electron chi connectivity index (χ2n) is 4.20. The molecule has 0 atom stereocenters. The van der Waals surface area contributed by atoms with Crippen molar-refractivity contribution in [3.8, 4) is 0 Å². The third-order valence-corrected chi connectivity index (χ3v) is 3.57. The Labute approximate surface area is 93.9 Å². The molecular formula is C12H13ClO2. The van der Waals surface area contributed by atoms with E-state index in [1.807, 2.05) is 13.0 Å². The van der Waals surface area contributed by atoms with Gasteiger partial charge in [0.05, 0.1) is 5.41 Å². The van der Waals surface area contributed by atoms with Gasteiger partial charge in [0.25, 0.3) is 0 Å². The van der Waals surface area contributed by atoms with Crippen LogP contribution < -0.4 is 0 Å². The molecular weight excluding hydrogens is 212 g/mol. The van der Waals surface area contributed by atoms with Crippen LogP contribution in [0, 0.1) is 6.92 Å². The predicted molar refractivity (Wildman–Crippen MR) is 59.4 cm³/mol. The Balaban J connectivity index is 2.51. The summed E-state index contributed by atoms with van der Waals surface area (Å²) in [5.74, 6) is -0.723. The van der Waals surface area contributed by atoms with E-state index in [9.17, 15) is 9.90 Å². The maximum absolute atomic E-state index is 11.3. The normalized spacial score (nSPS) is 18.3. The van der Waals surface area contributed by atoms with Crippen molar-refractivity contribution in [2.45, 2.75) is 31.6 Å². The second kappa shape index (κ2) is 3.53. The van der Waals surface area contributed by atoms with E-state index in [1.54, 1.807) is 12.1 Å². The van der Waals surface area contributed by atoms with Crippen LogP contribution in [0.1, 0.15) is 30.4 Å². The van der Waals surface area contributed by atoms with E-state index in [0.29, 0.717) is 5.02 Å². The van der Waals surface area contributed by atoms with Gasteiger partial charge in [-0.1, -0.05) is 24.1 Å². The number of aryl methyl sites for hydroxylation is 1. The maximum Gasteiger partial charge on any atom is 0.314 e. The van der Waals surface area contributed by atoms with Crippen LogP contribution in [-0.4, -0.2) is 11.1 Å². The average molecular weight is 225 g/mol. The molecule has 1 aliphatic carbocycles. The molecule has 1 aromatic carbocycles. The number of halogens is 1. The Morgan fingerprint density at radius 1 is 1.47 bits per heavy atom. The van der Waals surface area contributed by atoms with Crippen molar-refractivity contribution in [2.24, 2.45) is 0 Å². The van der Waals surface area contributed by atoms with Gasteiger partial charge in [-0.25, -0.2) is 0 Å². The first-order valence-electron chi connectivity index (χ1n) is 5.06.